The highest BCUT2D eigenvalue weighted by atomic mass is 79.9. The number of halogens is 1. The van der Waals surface area contributed by atoms with Crippen LogP contribution in [0.3, 0.4) is 0 Å². The molecule has 29 heavy (non-hydrogen) atoms. The summed E-state index contributed by atoms with van der Waals surface area (Å²) in [4.78, 5) is 16.7. The molecule has 1 amide bonds. The van der Waals surface area contributed by atoms with E-state index in [2.05, 4.69) is 41.6 Å². The minimum absolute atomic E-state index is 0.0798. The molecular formula is C20H19BrN6O2. The molecule has 8 nitrogen and oxygen atoms in total. The molecule has 0 aliphatic carbocycles. The Morgan fingerprint density at radius 2 is 2.00 bits per heavy atom. The van der Waals surface area contributed by atoms with Crippen LogP contribution in [0, 0.1) is 0 Å². The van der Waals surface area contributed by atoms with Gasteiger partial charge in [-0.1, -0.05) is 41.9 Å². The maximum absolute atomic E-state index is 12.3. The molecule has 0 atom stereocenters. The molecule has 0 radical (unpaired) electrons. The van der Waals surface area contributed by atoms with Crippen molar-refractivity contribution in [3.63, 3.8) is 0 Å². The summed E-state index contributed by atoms with van der Waals surface area (Å²) in [5.41, 5.74) is 2.95. The van der Waals surface area contributed by atoms with Gasteiger partial charge in [-0.2, -0.15) is 5.10 Å². The standard InChI is InChI=1S/C20H19BrN6O2/c1-20(2,3)16-10-19(29-26-16)23-18(28)9-13-5-7-17(25-24-13)27-11-22-14-8-12(21)4-6-15(14)27/h4-8,10-11H,9H2,1-3H3,(H,23,28). The van der Waals surface area contributed by atoms with Gasteiger partial charge in [0.15, 0.2) is 5.82 Å². The van der Waals surface area contributed by atoms with Crippen molar-refractivity contribution in [3.05, 3.63) is 58.6 Å². The van der Waals surface area contributed by atoms with Crippen LogP contribution in [0.2, 0.25) is 0 Å². The fourth-order valence-corrected chi connectivity index (χ4v) is 3.13. The van der Waals surface area contributed by atoms with Gasteiger partial charge in [-0.15, -0.1) is 5.10 Å². The number of nitrogens with zero attached hydrogens (tertiary/aromatic N) is 5. The Hall–Kier alpha value is -3.07. The molecule has 0 aliphatic heterocycles. The number of aromatic nitrogens is 5. The first-order valence-electron chi connectivity index (χ1n) is 9.02. The number of benzene rings is 1. The number of carbonyl (C=O) groups excluding carboxylic acids is 1. The molecule has 0 fully saturated rings. The zero-order valence-corrected chi connectivity index (χ0v) is 17.8. The molecule has 3 aromatic heterocycles. The highest BCUT2D eigenvalue weighted by Crippen LogP contribution is 2.24. The predicted molar refractivity (Wildman–Crippen MR) is 112 cm³/mol. The van der Waals surface area contributed by atoms with E-state index in [9.17, 15) is 4.79 Å². The molecule has 148 valence electrons. The monoisotopic (exact) mass is 454 g/mol. The Labute approximate surface area is 175 Å². The van der Waals surface area contributed by atoms with E-state index < -0.39 is 0 Å². The minimum atomic E-state index is -0.249. The average Bonchev–Trinajstić information content (AvgIpc) is 3.29. The molecule has 0 spiro atoms. The molecule has 1 N–H and O–H groups in total. The SMILES string of the molecule is CC(C)(C)c1cc(NC(=O)Cc2ccc(-n3cnc4cc(Br)ccc43)nn2)on1. The third kappa shape index (κ3) is 4.19. The van der Waals surface area contributed by atoms with Crippen LogP contribution in [0.25, 0.3) is 16.9 Å². The maximum Gasteiger partial charge on any atom is 0.232 e. The second-order valence-corrected chi connectivity index (χ2v) is 8.60. The average molecular weight is 455 g/mol. The van der Waals surface area contributed by atoms with Crippen LogP contribution in [-0.2, 0) is 16.6 Å². The van der Waals surface area contributed by atoms with E-state index in [1.807, 2.05) is 49.6 Å². The number of hydrogen-bond donors (Lipinski definition) is 1. The van der Waals surface area contributed by atoms with Gasteiger partial charge in [-0.05, 0) is 30.3 Å². The lowest BCUT2D eigenvalue weighted by atomic mass is 9.92. The summed E-state index contributed by atoms with van der Waals surface area (Å²) in [6.07, 6.45) is 1.78. The Morgan fingerprint density at radius 1 is 1.17 bits per heavy atom. The number of carbonyl (C=O) groups is 1. The number of anilines is 1. The van der Waals surface area contributed by atoms with Gasteiger partial charge in [-0.25, -0.2) is 4.98 Å². The molecule has 1 aromatic carbocycles. The van der Waals surface area contributed by atoms with Gasteiger partial charge in [-0.3, -0.25) is 14.7 Å². The van der Waals surface area contributed by atoms with Crippen LogP contribution in [0.4, 0.5) is 5.88 Å². The van der Waals surface area contributed by atoms with Crippen LogP contribution >= 0.6 is 15.9 Å². The quantitative estimate of drug-likeness (QED) is 0.499. The molecule has 3 heterocycles. The lowest BCUT2D eigenvalue weighted by Gasteiger charge is -2.12. The van der Waals surface area contributed by atoms with Gasteiger partial charge < -0.3 is 4.52 Å². The van der Waals surface area contributed by atoms with Gasteiger partial charge >= 0.3 is 0 Å². The molecule has 0 saturated heterocycles. The van der Waals surface area contributed by atoms with Crippen molar-refractivity contribution in [2.45, 2.75) is 32.6 Å². The zero-order valence-electron chi connectivity index (χ0n) is 16.2. The first-order valence-corrected chi connectivity index (χ1v) is 9.81. The van der Waals surface area contributed by atoms with Gasteiger partial charge in [0.2, 0.25) is 11.8 Å². The summed E-state index contributed by atoms with van der Waals surface area (Å²) < 4.78 is 8.00. The molecule has 0 saturated carbocycles. The topological polar surface area (TPSA) is 98.7 Å². The van der Waals surface area contributed by atoms with Gasteiger partial charge in [0.1, 0.15) is 6.33 Å². The van der Waals surface area contributed by atoms with Gasteiger partial charge in [0, 0.05) is 16.0 Å². The second kappa shape index (κ2) is 7.40. The van der Waals surface area contributed by atoms with Gasteiger partial charge in [0.05, 0.1) is 28.8 Å². The van der Waals surface area contributed by atoms with Crippen LogP contribution < -0.4 is 5.32 Å². The molecule has 4 aromatic rings. The minimum Gasteiger partial charge on any atom is -0.338 e. The van der Waals surface area contributed by atoms with Crippen LogP contribution in [0.15, 0.2) is 51.7 Å². The van der Waals surface area contributed by atoms with E-state index in [-0.39, 0.29) is 17.7 Å². The van der Waals surface area contributed by atoms with E-state index >= 15 is 0 Å². The van der Waals surface area contributed by atoms with Crippen LogP contribution in [-0.4, -0.2) is 30.8 Å². The fourth-order valence-electron chi connectivity index (χ4n) is 2.78. The number of imidazole rings is 1. The van der Waals surface area contributed by atoms with E-state index in [0.29, 0.717) is 17.4 Å². The molecule has 9 heteroatoms. The van der Waals surface area contributed by atoms with E-state index in [4.69, 9.17) is 4.52 Å². The van der Waals surface area contributed by atoms with Crippen molar-refractivity contribution in [1.82, 2.24) is 24.9 Å². The highest BCUT2D eigenvalue weighted by molar-refractivity contribution is 9.10. The largest absolute Gasteiger partial charge is 0.338 e. The van der Waals surface area contributed by atoms with Crippen molar-refractivity contribution >= 4 is 38.8 Å². The van der Waals surface area contributed by atoms with E-state index in [0.717, 1.165) is 21.2 Å². The predicted octanol–water partition coefficient (Wildman–Crippen LogP) is 4.04. The highest BCUT2D eigenvalue weighted by Gasteiger charge is 2.20. The van der Waals surface area contributed by atoms with E-state index in [1.165, 1.54) is 0 Å². The number of rotatable bonds is 4. The number of fused-ring (bicyclic) bond motifs is 1. The lowest BCUT2D eigenvalue weighted by Crippen LogP contribution is -2.15. The molecule has 0 unspecified atom stereocenters. The molecular weight excluding hydrogens is 436 g/mol. The maximum atomic E-state index is 12.3. The molecule has 0 bridgehead atoms. The van der Waals surface area contributed by atoms with Crippen LogP contribution in [0.5, 0.6) is 0 Å². The number of hydrogen-bond acceptors (Lipinski definition) is 6. The van der Waals surface area contributed by atoms with Crippen molar-refractivity contribution < 1.29 is 9.32 Å². The number of nitrogens with one attached hydrogen (secondary N) is 1. The fraction of sp³-hybridized carbons (Fsp3) is 0.250. The second-order valence-electron chi connectivity index (χ2n) is 7.68. The smallest absolute Gasteiger partial charge is 0.232 e. The van der Waals surface area contributed by atoms with Gasteiger partial charge in [0.25, 0.3) is 0 Å². The summed E-state index contributed by atoms with van der Waals surface area (Å²) in [5, 5.41) is 15.1. The summed E-state index contributed by atoms with van der Waals surface area (Å²) in [7, 11) is 0. The first-order chi connectivity index (χ1) is 13.8. The summed E-state index contributed by atoms with van der Waals surface area (Å²) in [5.74, 6) is 0.700. The summed E-state index contributed by atoms with van der Waals surface area (Å²) >= 11 is 3.44. The molecule has 4 rings (SSSR count). The third-order valence-corrected chi connectivity index (χ3v) is 4.84. The van der Waals surface area contributed by atoms with Crippen molar-refractivity contribution in [2.75, 3.05) is 5.32 Å². The summed E-state index contributed by atoms with van der Waals surface area (Å²) in [6.45, 7) is 6.07. The lowest BCUT2D eigenvalue weighted by molar-refractivity contribution is -0.115. The Bertz CT molecular complexity index is 1170. The Morgan fingerprint density at radius 3 is 2.69 bits per heavy atom. The zero-order chi connectivity index (χ0) is 20.6. The van der Waals surface area contributed by atoms with E-state index in [1.54, 1.807) is 18.5 Å². The Balaban J connectivity index is 1.45. The summed E-state index contributed by atoms with van der Waals surface area (Å²) in [6, 6.07) is 11.2. The number of amides is 1. The normalized spacial score (nSPS) is 11.7. The van der Waals surface area contributed by atoms with Crippen molar-refractivity contribution in [2.24, 2.45) is 0 Å². The Kier molecular flexibility index (Phi) is 4.91. The first kappa shape index (κ1) is 19.3. The van der Waals surface area contributed by atoms with Crippen molar-refractivity contribution in [3.8, 4) is 5.82 Å². The third-order valence-electron chi connectivity index (χ3n) is 4.34. The van der Waals surface area contributed by atoms with Crippen LogP contribution in [0.1, 0.15) is 32.2 Å². The molecule has 0 aliphatic rings. The van der Waals surface area contributed by atoms with Crippen molar-refractivity contribution in [1.29, 1.82) is 0 Å².